The minimum absolute atomic E-state index is 0.147. The third-order valence-electron chi connectivity index (χ3n) is 7.14. The van der Waals surface area contributed by atoms with E-state index in [4.69, 9.17) is 21.1 Å². The molecule has 1 amide bonds. The molecule has 2 aromatic carbocycles. The van der Waals surface area contributed by atoms with Crippen LogP contribution in [0.25, 0.3) is 39.5 Å². The number of fused-ring (bicyclic) bond motifs is 1. The van der Waals surface area contributed by atoms with Crippen molar-refractivity contribution in [1.29, 1.82) is 5.41 Å². The van der Waals surface area contributed by atoms with Crippen molar-refractivity contribution < 1.29 is 4.79 Å². The minimum atomic E-state index is -0.147. The zero-order chi connectivity index (χ0) is 29.6. The second kappa shape index (κ2) is 12.4. The van der Waals surface area contributed by atoms with Crippen LogP contribution < -0.4 is 5.73 Å². The molecular weight excluding hydrogens is 522 g/mol. The lowest BCUT2D eigenvalue weighted by molar-refractivity contribution is -0.130. The highest BCUT2D eigenvalue weighted by atomic mass is 16.2. The molecule has 1 fully saturated rings. The van der Waals surface area contributed by atoms with Crippen molar-refractivity contribution >= 4 is 29.1 Å². The van der Waals surface area contributed by atoms with E-state index in [1.54, 1.807) is 17.2 Å². The lowest BCUT2D eigenvalue weighted by Gasteiger charge is -2.39. The molecule has 1 aliphatic heterocycles. The number of nitrogens with zero attached hydrogens (tertiary/aromatic N) is 5. The van der Waals surface area contributed by atoms with Crippen molar-refractivity contribution in [2.24, 2.45) is 0 Å². The van der Waals surface area contributed by atoms with Crippen LogP contribution in [-0.4, -0.2) is 49.6 Å². The summed E-state index contributed by atoms with van der Waals surface area (Å²) in [6.07, 6.45) is 5.83. The molecular formula is C34H33N7O. The van der Waals surface area contributed by atoms with Crippen molar-refractivity contribution in [2.45, 2.75) is 19.8 Å². The number of rotatable bonds is 7. The van der Waals surface area contributed by atoms with Crippen LogP contribution in [0.5, 0.6) is 0 Å². The number of nitrogens with two attached hydrogens (primary N) is 1. The number of hydrogen-bond acceptors (Lipinski definition) is 6. The zero-order valence-corrected chi connectivity index (χ0v) is 23.7. The number of hydrogen-bond donors (Lipinski definition) is 2. The van der Waals surface area contributed by atoms with Crippen molar-refractivity contribution in [3.8, 4) is 28.3 Å². The number of pyridine rings is 2. The topological polar surface area (TPSA) is 114 Å². The number of benzene rings is 2. The maximum Gasteiger partial charge on any atom is 0.255 e. The number of aromatic nitrogens is 4. The highest BCUT2D eigenvalue weighted by molar-refractivity contribution is 6.11. The predicted octanol–water partition coefficient (Wildman–Crippen LogP) is 6.45. The van der Waals surface area contributed by atoms with E-state index in [0.717, 1.165) is 45.5 Å². The predicted molar refractivity (Wildman–Crippen MR) is 170 cm³/mol. The lowest BCUT2D eigenvalue weighted by atomic mass is 9.90. The van der Waals surface area contributed by atoms with Gasteiger partial charge in [-0.15, -0.1) is 0 Å². The molecule has 8 nitrogen and oxygen atoms in total. The van der Waals surface area contributed by atoms with Crippen LogP contribution >= 0.6 is 0 Å². The molecule has 8 heteroatoms. The molecule has 0 spiro atoms. The summed E-state index contributed by atoms with van der Waals surface area (Å²) in [5, 5.41) is 7.49. The molecule has 42 heavy (non-hydrogen) atoms. The first-order chi connectivity index (χ1) is 20.6. The van der Waals surface area contributed by atoms with E-state index in [-0.39, 0.29) is 11.8 Å². The first-order valence-electron chi connectivity index (χ1n) is 14.0. The van der Waals surface area contributed by atoms with Crippen LogP contribution in [0.2, 0.25) is 0 Å². The number of allylic oxidation sites excluding steroid dienone is 2. The molecule has 1 saturated heterocycles. The normalized spacial score (nSPS) is 13.2. The van der Waals surface area contributed by atoms with Crippen LogP contribution in [0.1, 0.15) is 25.3 Å². The first kappa shape index (κ1) is 28.2. The molecule has 5 aromatic rings. The molecule has 0 radical (unpaired) electrons. The van der Waals surface area contributed by atoms with Gasteiger partial charge in [0.1, 0.15) is 11.3 Å². The lowest BCUT2D eigenvalue weighted by Crippen LogP contribution is -2.49. The van der Waals surface area contributed by atoms with E-state index >= 15 is 0 Å². The van der Waals surface area contributed by atoms with Crippen molar-refractivity contribution in [3.63, 3.8) is 0 Å². The van der Waals surface area contributed by atoms with Gasteiger partial charge in [0.2, 0.25) is 0 Å². The van der Waals surface area contributed by atoms with Gasteiger partial charge in [-0.3, -0.25) is 9.36 Å². The number of nitrogens with one attached hydrogen (secondary N) is 1. The van der Waals surface area contributed by atoms with Gasteiger partial charge in [0.15, 0.2) is 11.5 Å². The number of nitrogen functional groups attached to an aromatic ring is 1. The van der Waals surface area contributed by atoms with Gasteiger partial charge in [0, 0.05) is 42.7 Å². The summed E-state index contributed by atoms with van der Waals surface area (Å²) in [5.41, 5.74) is 12.7. The maximum absolute atomic E-state index is 12.6. The summed E-state index contributed by atoms with van der Waals surface area (Å²) < 4.78 is 2.02. The number of likely N-dealkylation sites (tertiary alicyclic amines) is 1. The molecule has 0 bridgehead atoms. The Kier molecular flexibility index (Phi) is 8.34. The van der Waals surface area contributed by atoms with E-state index < -0.39 is 0 Å². The third kappa shape index (κ3) is 5.34. The number of amides is 1. The molecule has 1 aliphatic rings. The summed E-state index contributed by atoms with van der Waals surface area (Å²) in [5.74, 6) is 1.14. The minimum Gasteiger partial charge on any atom is -0.383 e. The summed E-state index contributed by atoms with van der Waals surface area (Å²) in [7, 11) is 0. The van der Waals surface area contributed by atoms with Crippen molar-refractivity contribution in [1.82, 2.24) is 24.4 Å². The Morgan fingerprint density at radius 3 is 2.38 bits per heavy atom. The summed E-state index contributed by atoms with van der Waals surface area (Å²) in [6, 6.07) is 26.0. The number of carbonyl (C=O) groups is 1. The van der Waals surface area contributed by atoms with Gasteiger partial charge in [-0.2, -0.15) is 0 Å². The van der Waals surface area contributed by atoms with Gasteiger partial charge in [0.25, 0.3) is 5.91 Å². The molecule has 3 N–H and O–H groups in total. The molecule has 3 aromatic heterocycles. The van der Waals surface area contributed by atoms with Crippen LogP contribution in [0, 0.1) is 5.41 Å². The zero-order valence-electron chi connectivity index (χ0n) is 23.7. The Morgan fingerprint density at radius 1 is 0.976 bits per heavy atom. The fraction of sp³-hybridized carbons (Fsp3) is 0.147. The Morgan fingerprint density at radius 2 is 1.71 bits per heavy atom. The summed E-state index contributed by atoms with van der Waals surface area (Å²) in [4.78, 5) is 28.6. The standard InChI is InChI=1S/C32H27N7O.C2H6/c1-2-7-23(18-33)32(40)38-19-24(20-38)21-11-13-25(14-12-21)39-30(26-10-6-17-35-29(26)34)37-28-16-15-27(36-31(28)39)22-8-4-3-5-9-22;1-2/h2-18,24,33H,1,19-20H2,(H2,34,35);1-2H3/b23-7+,33-18?;. The maximum atomic E-state index is 12.6. The summed E-state index contributed by atoms with van der Waals surface area (Å²) >= 11 is 0. The average molecular weight is 556 g/mol. The Bertz CT molecular complexity index is 1770. The van der Waals surface area contributed by atoms with Gasteiger partial charge in [-0.1, -0.05) is 69.0 Å². The van der Waals surface area contributed by atoms with Gasteiger partial charge < -0.3 is 16.0 Å². The highest BCUT2D eigenvalue weighted by Gasteiger charge is 2.32. The molecule has 0 atom stereocenters. The van der Waals surface area contributed by atoms with Crippen LogP contribution in [0.15, 0.2) is 109 Å². The molecule has 4 heterocycles. The quantitative estimate of drug-likeness (QED) is 0.136. The molecule has 0 unspecified atom stereocenters. The molecule has 210 valence electrons. The second-order valence-corrected chi connectivity index (χ2v) is 9.61. The first-order valence-corrected chi connectivity index (χ1v) is 14.0. The number of imidazole rings is 1. The fourth-order valence-corrected chi connectivity index (χ4v) is 5.00. The second-order valence-electron chi connectivity index (χ2n) is 9.61. The monoisotopic (exact) mass is 555 g/mol. The van der Waals surface area contributed by atoms with Crippen molar-refractivity contribution in [2.75, 3.05) is 18.8 Å². The Labute approximate surface area is 245 Å². The van der Waals surface area contributed by atoms with Crippen LogP contribution in [-0.2, 0) is 4.79 Å². The van der Waals surface area contributed by atoms with E-state index in [1.165, 1.54) is 6.08 Å². The highest BCUT2D eigenvalue weighted by Crippen LogP contribution is 2.33. The van der Waals surface area contributed by atoms with E-state index in [0.29, 0.717) is 30.3 Å². The van der Waals surface area contributed by atoms with Gasteiger partial charge in [0.05, 0.1) is 16.8 Å². The SMILES string of the molecule is C=C/C=C(\C=N)C(=O)N1CC(c2ccc(-n3c(-c4cccnc4N)nc4ccc(-c5ccccc5)nc43)cc2)C1.CC. The van der Waals surface area contributed by atoms with E-state index in [9.17, 15) is 4.79 Å². The Balaban J connectivity index is 0.00000173. The average Bonchev–Trinajstić information content (AvgIpc) is 3.39. The van der Waals surface area contributed by atoms with E-state index in [2.05, 4.69) is 35.8 Å². The van der Waals surface area contributed by atoms with E-state index in [1.807, 2.05) is 73.0 Å². The Hall–Kier alpha value is -5.37. The van der Waals surface area contributed by atoms with Crippen molar-refractivity contribution in [3.05, 3.63) is 115 Å². The number of carbonyl (C=O) groups excluding carboxylic acids is 1. The molecule has 0 aliphatic carbocycles. The molecule has 6 rings (SSSR count). The number of anilines is 1. The van der Waals surface area contributed by atoms with Gasteiger partial charge in [-0.25, -0.2) is 15.0 Å². The van der Waals surface area contributed by atoms with Crippen LogP contribution in [0.4, 0.5) is 5.82 Å². The smallest absolute Gasteiger partial charge is 0.255 e. The molecule has 0 saturated carbocycles. The third-order valence-corrected chi connectivity index (χ3v) is 7.14. The van der Waals surface area contributed by atoms with Gasteiger partial charge in [-0.05, 0) is 48.0 Å². The van der Waals surface area contributed by atoms with Crippen LogP contribution in [0.3, 0.4) is 0 Å². The fourth-order valence-electron chi connectivity index (χ4n) is 5.00. The van der Waals surface area contributed by atoms with Gasteiger partial charge >= 0.3 is 0 Å². The summed E-state index contributed by atoms with van der Waals surface area (Å²) in [6.45, 7) is 8.83. The largest absolute Gasteiger partial charge is 0.383 e.